The Morgan fingerprint density at radius 2 is 1.75 bits per heavy atom. The van der Waals surface area contributed by atoms with Gasteiger partial charge in [-0.1, -0.05) is 29.3 Å². The third-order valence-corrected chi connectivity index (χ3v) is 3.81. The van der Waals surface area contributed by atoms with Crippen LogP contribution in [0.3, 0.4) is 0 Å². The third kappa shape index (κ3) is 2.82. The summed E-state index contributed by atoms with van der Waals surface area (Å²) in [4.78, 5) is 12.6. The van der Waals surface area contributed by atoms with E-state index in [-0.39, 0.29) is 5.78 Å². The van der Waals surface area contributed by atoms with E-state index >= 15 is 0 Å². The van der Waals surface area contributed by atoms with Crippen molar-refractivity contribution < 1.29 is 9.53 Å². The first kappa shape index (κ1) is 14.9. The summed E-state index contributed by atoms with van der Waals surface area (Å²) < 4.78 is 5.32. The van der Waals surface area contributed by atoms with Crippen molar-refractivity contribution in [2.45, 2.75) is 13.8 Å². The van der Waals surface area contributed by atoms with Gasteiger partial charge in [-0.05, 0) is 49.2 Å². The van der Waals surface area contributed by atoms with Crippen molar-refractivity contribution in [2.75, 3.05) is 7.11 Å². The highest BCUT2D eigenvalue weighted by atomic mass is 35.5. The van der Waals surface area contributed by atoms with E-state index in [0.29, 0.717) is 26.9 Å². The van der Waals surface area contributed by atoms with Gasteiger partial charge in [0.25, 0.3) is 0 Å². The highest BCUT2D eigenvalue weighted by Crippen LogP contribution is 2.29. The molecule has 0 radical (unpaired) electrons. The molecule has 0 aliphatic heterocycles. The van der Waals surface area contributed by atoms with Crippen LogP contribution in [0.25, 0.3) is 0 Å². The van der Waals surface area contributed by atoms with Crippen molar-refractivity contribution in [3.05, 3.63) is 62.6 Å². The summed E-state index contributed by atoms with van der Waals surface area (Å²) in [6, 6.07) is 8.65. The van der Waals surface area contributed by atoms with Crippen LogP contribution in [-0.4, -0.2) is 12.9 Å². The van der Waals surface area contributed by atoms with Crippen LogP contribution in [0.4, 0.5) is 0 Å². The molecule has 0 spiro atoms. The molecule has 0 bridgehead atoms. The van der Waals surface area contributed by atoms with Gasteiger partial charge in [-0.15, -0.1) is 0 Å². The second-order valence-corrected chi connectivity index (χ2v) is 5.43. The SMILES string of the molecule is COc1cc(C)cc(C)c1C(=O)c1ccc(Cl)c(Cl)c1. The van der Waals surface area contributed by atoms with E-state index in [1.807, 2.05) is 26.0 Å². The molecule has 2 rings (SSSR count). The van der Waals surface area contributed by atoms with Crippen LogP contribution in [0.2, 0.25) is 10.0 Å². The average Bonchev–Trinajstić information content (AvgIpc) is 2.40. The van der Waals surface area contributed by atoms with Crippen molar-refractivity contribution in [2.24, 2.45) is 0 Å². The first-order valence-electron chi connectivity index (χ1n) is 6.09. The molecule has 0 fully saturated rings. The van der Waals surface area contributed by atoms with E-state index in [2.05, 4.69) is 0 Å². The van der Waals surface area contributed by atoms with Gasteiger partial charge >= 0.3 is 0 Å². The van der Waals surface area contributed by atoms with Crippen molar-refractivity contribution in [3.63, 3.8) is 0 Å². The number of methoxy groups -OCH3 is 1. The Bertz CT molecular complexity index is 678. The molecule has 2 aromatic rings. The van der Waals surface area contributed by atoms with Gasteiger partial charge in [-0.3, -0.25) is 4.79 Å². The molecule has 0 heterocycles. The number of hydrogen-bond acceptors (Lipinski definition) is 2. The molecule has 0 atom stereocenters. The molecule has 0 amide bonds. The summed E-state index contributed by atoms with van der Waals surface area (Å²) in [5, 5.41) is 0.789. The normalized spacial score (nSPS) is 10.4. The Morgan fingerprint density at radius 1 is 1.05 bits per heavy atom. The minimum Gasteiger partial charge on any atom is -0.496 e. The molecule has 2 nitrogen and oxygen atoms in total. The predicted octanol–water partition coefficient (Wildman–Crippen LogP) is 4.85. The molecule has 0 aliphatic carbocycles. The van der Waals surface area contributed by atoms with Crippen molar-refractivity contribution in [1.82, 2.24) is 0 Å². The topological polar surface area (TPSA) is 26.3 Å². The highest BCUT2D eigenvalue weighted by Gasteiger charge is 2.18. The number of ketones is 1. The maximum atomic E-state index is 12.6. The summed E-state index contributed by atoms with van der Waals surface area (Å²) in [6.45, 7) is 3.85. The van der Waals surface area contributed by atoms with E-state index in [1.54, 1.807) is 25.3 Å². The molecule has 0 unspecified atom stereocenters. The van der Waals surface area contributed by atoms with E-state index < -0.39 is 0 Å². The van der Waals surface area contributed by atoms with Crippen LogP contribution in [0, 0.1) is 13.8 Å². The lowest BCUT2D eigenvalue weighted by Crippen LogP contribution is -2.07. The van der Waals surface area contributed by atoms with Crippen LogP contribution < -0.4 is 4.74 Å². The van der Waals surface area contributed by atoms with Crippen molar-refractivity contribution >= 4 is 29.0 Å². The highest BCUT2D eigenvalue weighted by molar-refractivity contribution is 6.42. The fourth-order valence-corrected chi connectivity index (χ4v) is 2.46. The second-order valence-electron chi connectivity index (χ2n) is 4.62. The summed E-state index contributed by atoms with van der Waals surface area (Å²) in [7, 11) is 1.56. The molecule has 4 heteroatoms. The zero-order valence-electron chi connectivity index (χ0n) is 11.5. The van der Waals surface area contributed by atoms with Gasteiger partial charge in [0.1, 0.15) is 5.75 Å². The predicted molar refractivity (Wildman–Crippen MR) is 82.4 cm³/mol. The van der Waals surface area contributed by atoms with Gasteiger partial charge in [0.15, 0.2) is 5.78 Å². The number of benzene rings is 2. The van der Waals surface area contributed by atoms with Crippen LogP contribution in [0.15, 0.2) is 30.3 Å². The number of rotatable bonds is 3. The van der Waals surface area contributed by atoms with E-state index in [9.17, 15) is 4.79 Å². The Hall–Kier alpha value is -1.51. The minimum atomic E-state index is -0.127. The van der Waals surface area contributed by atoms with Crippen LogP contribution >= 0.6 is 23.2 Å². The fraction of sp³-hybridized carbons (Fsp3) is 0.188. The first-order valence-corrected chi connectivity index (χ1v) is 6.84. The average molecular weight is 309 g/mol. The van der Waals surface area contributed by atoms with Crippen molar-refractivity contribution in [1.29, 1.82) is 0 Å². The Kier molecular flexibility index (Phi) is 4.36. The molecule has 0 saturated heterocycles. The Balaban J connectivity index is 2.55. The smallest absolute Gasteiger partial charge is 0.197 e. The Morgan fingerprint density at radius 3 is 2.35 bits per heavy atom. The Labute approximate surface area is 128 Å². The first-order chi connectivity index (χ1) is 9.43. The van der Waals surface area contributed by atoms with E-state index in [4.69, 9.17) is 27.9 Å². The van der Waals surface area contributed by atoms with Crippen LogP contribution in [0.5, 0.6) is 5.75 Å². The monoisotopic (exact) mass is 308 g/mol. The number of aryl methyl sites for hydroxylation is 2. The van der Waals surface area contributed by atoms with Crippen LogP contribution in [0.1, 0.15) is 27.0 Å². The number of carbonyl (C=O) groups excluding carboxylic acids is 1. The maximum absolute atomic E-state index is 12.6. The number of halogens is 2. The summed E-state index contributed by atoms with van der Waals surface area (Å²) in [5.41, 5.74) is 2.96. The second kappa shape index (κ2) is 5.86. The lowest BCUT2D eigenvalue weighted by molar-refractivity contribution is 0.103. The van der Waals surface area contributed by atoms with Crippen molar-refractivity contribution in [3.8, 4) is 5.75 Å². The zero-order chi connectivity index (χ0) is 14.9. The third-order valence-electron chi connectivity index (χ3n) is 3.07. The molecule has 20 heavy (non-hydrogen) atoms. The zero-order valence-corrected chi connectivity index (χ0v) is 13.0. The summed E-state index contributed by atoms with van der Waals surface area (Å²) >= 11 is 11.8. The summed E-state index contributed by atoms with van der Waals surface area (Å²) in [5.74, 6) is 0.441. The maximum Gasteiger partial charge on any atom is 0.197 e. The molecule has 2 aromatic carbocycles. The van der Waals surface area contributed by atoms with Gasteiger partial charge in [0.05, 0.1) is 22.7 Å². The largest absolute Gasteiger partial charge is 0.496 e. The van der Waals surface area contributed by atoms with Gasteiger partial charge in [-0.25, -0.2) is 0 Å². The molecule has 0 saturated carbocycles. The quantitative estimate of drug-likeness (QED) is 0.758. The molecular formula is C16H14Cl2O2. The van der Waals surface area contributed by atoms with Gasteiger partial charge in [0.2, 0.25) is 0 Å². The van der Waals surface area contributed by atoms with E-state index in [1.165, 1.54) is 0 Å². The molecule has 0 aliphatic rings. The lowest BCUT2D eigenvalue weighted by Gasteiger charge is -2.12. The molecule has 0 aromatic heterocycles. The van der Waals surface area contributed by atoms with Gasteiger partial charge in [0, 0.05) is 5.56 Å². The number of hydrogen-bond donors (Lipinski definition) is 0. The molecule has 0 N–H and O–H groups in total. The van der Waals surface area contributed by atoms with Gasteiger partial charge in [-0.2, -0.15) is 0 Å². The standard InChI is InChI=1S/C16H14Cl2O2/c1-9-6-10(2)15(14(7-9)20-3)16(19)11-4-5-12(17)13(18)8-11/h4-8H,1-3H3. The van der Waals surface area contributed by atoms with E-state index in [0.717, 1.165) is 11.1 Å². The number of carbonyl (C=O) groups is 1. The molecular weight excluding hydrogens is 295 g/mol. The molecule has 104 valence electrons. The van der Waals surface area contributed by atoms with Gasteiger partial charge < -0.3 is 4.74 Å². The fourth-order valence-electron chi connectivity index (χ4n) is 2.16. The number of ether oxygens (including phenoxy) is 1. The van der Waals surface area contributed by atoms with Crippen LogP contribution in [-0.2, 0) is 0 Å². The minimum absolute atomic E-state index is 0.127. The lowest BCUT2D eigenvalue weighted by atomic mass is 9.96. The summed E-state index contributed by atoms with van der Waals surface area (Å²) in [6.07, 6.45) is 0.